The number of esters is 1. The van der Waals surface area contributed by atoms with Crippen LogP contribution in [0.4, 0.5) is 0 Å². The van der Waals surface area contributed by atoms with Gasteiger partial charge in [0.2, 0.25) is 0 Å². The number of carbonyl (C=O) groups excluding carboxylic acids is 1. The van der Waals surface area contributed by atoms with Crippen LogP contribution in [0.2, 0.25) is 0 Å². The molecule has 0 saturated carbocycles. The van der Waals surface area contributed by atoms with Gasteiger partial charge in [0.05, 0.1) is 18.3 Å². The number of allylic oxidation sites excluding steroid dienone is 1. The van der Waals surface area contributed by atoms with Crippen LogP contribution in [-0.4, -0.2) is 23.8 Å². The quantitative estimate of drug-likeness (QED) is 0.766. The molecule has 1 N–H and O–H groups in total. The second-order valence-electron chi connectivity index (χ2n) is 4.64. The number of ether oxygens (including phenoxy) is 1. The number of hydrogen-bond acceptors (Lipinski definition) is 3. The van der Waals surface area contributed by atoms with E-state index in [4.69, 9.17) is 4.74 Å². The average Bonchev–Trinajstić information content (AvgIpc) is 2.39. The van der Waals surface area contributed by atoms with E-state index in [0.717, 1.165) is 19.3 Å². The highest BCUT2D eigenvalue weighted by molar-refractivity contribution is 5.91. The number of carbonyl (C=O) groups is 1. The fraction of sp³-hybridized carbons (Fsp3) is 0.533. The summed E-state index contributed by atoms with van der Waals surface area (Å²) in [4.78, 5) is 11.5. The Bertz CT molecular complexity index is 379. The number of methoxy groups -OCH3 is 1. The lowest BCUT2D eigenvalue weighted by Gasteiger charge is -2.28. The van der Waals surface area contributed by atoms with Gasteiger partial charge in [-0.2, -0.15) is 0 Å². The topological polar surface area (TPSA) is 46.5 Å². The first-order chi connectivity index (χ1) is 8.53. The molecule has 1 aliphatic carbocycles. The van der Waals surface area contributed by atoms with E-state index in [9.17, 15) is 9.90 Å². The normalized spacial score (nSPS) is 30.2. The summed E-state index contributed by atoms with van der Waals surface area (Å²) in [6.45, 7) is 5.86. The SMILES string of the molecule is C=C1/C=C\C(C(=O)OC)=C/CCCC[C@]1(O)CC. The molecule has 0 unspecified atom stereocenters. The fourth-order valence-corrected chi connectivity index (χ4v) is 2.07. The molecule has 18 heavy (non-hydrogen) atoms. The lowest BCUT2D eigenvalue weighted by Crippen LogP contribution is -2.29. The summed E-state index contributed by atoms with van der Waals surface area (Å²) in [5.74, 6) is -0.348. The van der Waals surface area contributed by atoms with Crippen molar-refractivity contribution in [3.05, 3.63) is 36.0 Å². The summed E-state index contributed by atoms with van der Waals surface area (Å²) in [6, 6.07) is 0. The predicted molar refractivity (Wildman–Crippen MR) is 72.1 cm³/mol. The van der Waals surface area contributed by atoms with Crippen molar-refractivity contribution in [3.8, 4) is 0 Å². The summed E-state index contributed by atoms with van der Waals surface area (Å²) < 4.78 is 4.72. The predicted octanol–water partition coefficient (Wildman–Crippen LogP) is 2.91. The average molecular weight is 250 g/mol. The first-order valence-corrected chi connectivity index (χ1v) is 6.42. The molecule has 0 bridgehead atoms. The van der Waals surface area contributed by atoms with Crippen molar-refractivity contribution in [2.24, 2.45) is 0 Å². The van der Waals surface area contributed by atoms with Crippen LogP contribution in [0.3, 0.4) is 0 Å². The van der Waals surface area contributed by atoms with Crippen LogP contribution < -0.4 is 0 Å². The van der Waals surface area contributed by atoms with E-state index in [1.807, 2.05) is 13.0 Å². The largest absolute Gasteiger partial charge is 0.465 e. The second-order valence-corrected chi connectivity index (χ2v) is 4.64. The summed E-state index contributed by atoms with van der Waals surface area (Å²) in [5, 5.41) is 10.5. The summed E-state index contributed by atoms with van der Waals surface area (Å²) >= 11 is 0. The maximum absolute atomic E-state index is 11.5. The van der Waals surface area contributed by atoms with Crippen molar-refractivity contribution >= 4 is 5.97 Å². The van der Waals surface area contributed by atoms with E-state index in [0.29, 0.717) is 24.0 Å². The molecule has 3 nitrogen and oxygen atoms in total. The van der Waals surface area contributed by atoms with E-state index < -0.39 is 5.60 Å². The van der Waals surface area contributed by atoms with E-state index in [1.165, 1.54) is 7.11 Å². The smallest absolute Gasteiger partial charge is 0.337 e. The minimum atomic E-state index is -0.852. The van der Waals surface area contributed by atoms with Gasteiger partial charge in [-0.05, 0) is 43.8 Å². The van der Waals surface area contributed by atoms with Crippen LogP contribution in [0, 0.1) is 0 Å². The molecule has 3 heteroatoms. The van der Waals surface area contributed by atoms with Gasteiger partial charge in [-0.15, -0.1) is 0 Å². The lowest BCUT2D eigenvalue weighted by atomic mass is 9.85. The first-order valence-electron chi connectivity index (χ1n) is 6.42. The van der Waals surface area contributed by atoms with Gasteiger partial charge in [-0.1, -0.05) is 25.7 Å². The van der Waals surface area contributed by atoms with Crippen LogP contribution in [0.15, 0.2) is 36.0 Å². The van der Waals surface area contributed by atoms with Crippen molar-refractivity contribution < 1.29 is 14.6 Å². The van der Waals surface area contributed by atoms with Gasteiger partial charge in [-0.25, -0.2) is 4.79 Å². The highest BCUT2D eigenvalue weighted by Crippen LogP contribution is 2.28. The Morgan fingerprint density at radius 3 is 2.83 bits per heavy atom. The second kappa shape index (κ2) is 6.55. The number of hydrogen-bond donors (Lipinski definition) is 1. The molecule has 0 spiro atoms. The molecule has 1 rings (SSSR count). The summed E-state index contributed by atoms with van der Waals surface area (Å²) in [5.41, 5.74) is 0.329. The van der Waals surface area contributed by atoms with E-state index in [1.54, 1.807) is 12.2 Å². The molecule has 0 amide bonds. The molecule has 0 aromatic carbocycles. The number of aliphatic hydroxyl groups is 1. The first kappa shape index (κ1) is 14.7. The van der Waals surface area contributed by atoms with Crippen molar-refractivity contribution in [2.45, 2.75) is 44.6 Å². The van der Waals surface area contributed by atoms with E-state index >= 15 is 0 Å². The summed E-state index contributed by atoms with van der Waals surface area (Å²) in [6.07, 6.45) is 9.32. The van der Waals surface area contributed by atoms with Crippen molar-refractivity contribution in [1.82, 2.24) is 0 Å². The van der Waals surface area contributed by atoms with Gasteiger partial charge in [0.25, 0.3) is 0 Å². The molecule has 0 heterocycles. The van der Waals surface area contributed by atoms with Crippen molar-refractivity contribution in [1.29, 1.82) is 0 Å². The third-order valence-corrected chi connectivity index (χ3v) is 3.48. The molecule has 0 aliphatic heterocycles. The molecule has 0 aromatic rings. The zero-order valence-corrected chi connectivity index (χ0v) is 11.2. The third kappa shape index (κ3) is 3.57. The van der Waals surface area contributed by atoms with E-state index in [-0.39, 0.29) is 5.97 Å². The van der Waals surface area contributed by atoms with Crippen LogP contribution in [0.5, 0.6) is 0 Å². The summed E-state index contributed by atoms with van der Waals surface area (Å²) in [7, 11) is 1.37. The molecule has 0 aromatic heterocycles. The van der Waals surface area contributed by atoms with Crippen molar-refractivity contribution in [3.63, 3.8) is 0 Å². The zero-order valence-electron chi connectivity index (χ0n) is 11.2. The Balaban J connectivity index is 2.96. The minimum Gasteiger partial charge on any atom is -0.465 e. The standard InChI is InChI=1S/C15H22O3/c1-4-15(17)11-7-5-6-8-13(14(16)18-3)10-9-12(15)2/h8-10,17H,2,4-7,11H2,1,3H3/b10-9-,13-8+/t15-/m1/s1. The van der Waals surface area contributed by atoms with Gasteiger partial charge in [0, 0.05) is 0 Å². The molecular weight excluding hydrogens is 228 g/mol. The molecule has 0 fully saturated rings. The maximum atomic E-state index is 11.5. The molecule has 1 aliphatic rings. The Hall–Kier alpha value is -1.35. The van der Waals surface area contributed by atoms with Crippen LogP contribution in [-0.2, 0) is 9.53 Å². The van der Waals surface area contributed by atoms with Gasteiger partial charge in [-0.3, -0.25) is 0 Å². The molecule has 1 atom stereocenters. The van der Waals surface area contributed by atoms with Gasteiger partial charge in [0.1, 0.15) is 0 Å². The molecule has 0 radical (unpaired) electrons. The van der Waals surface area contributed by atoms with Crippen LogP contribution in [0.25, 0.3) is 0 Å². The van der Waals surface area contributed by atoms with Crippen LogP contribution >= 0.6 is 0 Å². The Morgan fingerprint density at radius 1 is 1.50 bits per heavy atom. The molecule has 0 saturated heterocycles. The Morgan fingerprint density at radius 2 is 2.22 bits per heavy atom. The minimum absolute atomic E-state index is 0.348. The monoisotopic (exact) mass is 250 g/mol. The highest BCUT2D eigenvalue weighted by atomic mass is 16.5. The van der Waals surface area contributed by atoms with Crippen LogP contribution in [0.1, 0.15) is 39.0 Å². The van der Waals surface area contributed by atoms with E-state index in [2.05, 4.69) is 6.58 Å². The third-order valence-electron chi connectivity index (χ3n) is 3.48. The van der Waals surface area contributed by atoms with Gasteiger partial charge < -0.3 is 9.84 Å². The van der Waals surface area contributed by atoms with Gasteiger partial charge >= 0.3 is 5.97 Å². The number of rotatable bonds is 2. The fourth-order valence-electron chi connectivity index (χ4n) is 2.07. The Kier molecular flexibility index (Phi) is 5.35. The van der Waals surface area contributed by atoms with Gasteiger partial charge in [0.15, 0.2) is 0 Å². The molecular formula is C15H22O3. The van der Waals surface area contributed by atoms with Crippen molar-refractivity contribution in [2.75, 3.05) is 7.11 Å². The highest BCUT2D eigenvalue weighted by Gasteiger charge is 2.26. The molecule has 100 valence electrons. The maximum Gasteiger partial charge on any atom is 0.337 e. The zero-order chi connectivity index (χ0) is 13.6. The Labute approximate surface area is 109 Å². The lowest BCUT2D eigenvalue weighted by molar-refractivity contribution is -0.135.